The lowest BCUT2D eigenvalue weighted by atomic mass is 10.0. The highest BCUT2D eigenvalue weighted by atomic mass is 32.1. The Hall–Kier alpha value is -3.11. The third kappa shape index (κ3) is 2.95. The highest BCUT2D eigenvalue weighted by Gasteiger charge is 2.09. The van der Waals surface area contributed by atoms with E-state index in [2.05, 4.69) is 18.2 Å². The maximum Gasteiger partial charge on any atom is 0.335 e. The van der Waals surface area contributed by atoms with Crippen molar-refractivity contribution in [2.45, 2.75) is 6.92 Å². The van der Waals surface area contributed by atoms with Gasteiger partial charge in [-0.3, -0.25) is 0 Å². The van der Waals surface area contributed by atoms with Crippen molar-refractivity contribution in [1.82, 2.24) is 0 Å². The molecule has 0 atom stereocenters. The minimum Gasteiger partial charge on any atom is -0.508 e. The van der Waals surface area contributed by atoms with Crippen LogP contribution in [-0.4, -0.2) is 16.2 Å². The van der Waals surface area contributed by atoms with E-state index in [1.54, 1.807) is 35.6 Å². The van der Waals surface area contributed by atoms with E-state index in [4.69, 9.17) is 0 Å². The molecule has 1 aromatic heterocycles. The first kappa shape index (κ1) is 16.4. The smallest absolute Gasteiger partial charge is 0.335 e. The van der Waals surface area contributed by atoms with Crippen molar-refractivity contribution in [2.24, 2.45) is 0 Å². The lowest BCUT2D eigenvalue weighted by Crippen LogP contribution is -1.95. The molecule has 0 fully saturated rings. The Morgan fingerprint density at radius 1 is 0.846 bits per heavy atom. The maximum absolute atomic E-state index is 11.2. The van der Waals surface area contributed by atoms with Crippen LogP contribution in [0.2, 0.25) is 0 Å². The number of aryl methyl sites for hydroxylation is 1. The molecule has 3 nitrogen and oxygen atoms in total. The van der Waals surface area contributed by atoms with E-state index in [-0.39, 0.29) is 5.75 Å². The Morgan fingerprint density at radius 3 is 2.38 bits per heavy atom. The average Bonchev–Trinajstić information content (AvgIpc) is 3.10. The molecule has 4 aromatic rings. The van der Waals surface area contributed by atoms with Gasteiger partial charge < -0.3 is 10.2 Å². The number of carbonyl (C=O) groups is 1. The third-order valence-electron chi connectivity index (χ3n) is 4.45. The number of aromatic carboxylic acids is 1. The number of benzene rings is 3. The Labute approximate surface area is 154 Å². The van der Waals surface area contributed by atoms with Crippen LogP contribution in [0.25, 0.3) is 31.7 Å². The van der Waals surface area contributed by atoms with Crippen LogP contribution in [0.1, 0.15) is 15.9 Å². The zero-order valence-electron chi connectivity index (χ0n) is 14.1. The maximum atomic E-state index is 11.2. The quantitative estimate of drug-likeness (QED) is 0.475. The number of fused-ring (bicyclic) bond motifs is 1. The van der Waals surface area contributed by atoms with Gasteiger partial charge in [0.15, 0.2) is 0 Å². The number of phenolic OH excluding ortho intramolecular Hbond substituents is 1. The summed E-state index contributed by atoms with van der Waals surface area (Å²) < 4.78 is 0. The van der Waals surface area contributed by atoms with Gasteiger partial charge in [-0.25, -0.2) is 4.79 Å². The van der Waals surface area contributed by atoms with Crippen LogP contribution >= 0.6 is 11.3 Å². The molecule has 4 heteroatoms. The van der Waals surface area contributed by atoms with E-state index >= 15 is 0 Å². The zero-order valence-corrected chi connectivity index (χ0v) is 14.9. The average molecular weight is 360 g/mol. The summed E-state index contributed by atoms with van der Waals surface area (Å²) >= 11 is 1.68. The molecule has 1 heterocycles. The van der Waals surface area contributed by atoms with Gasteiger partial charge in [0.05, 0.1) is 5.56 Å². The molecular weight excluding hydrogens is 344 g/mol. The summed E-state index contributed by atoms with van der Waals surface area (Å²) in [5, 5.41) is 20.7. The molecule has 0 unspecified atom stereocenters. The van der Waals surface area contributed by atoms with Gasteiger partial charge in [-0.15, -0.1) is 11.3 Å². The molecule has 26 heavy (non-hydrogen) atoms. The summed E-state index contributed by atoms with van der Waals surface area (Å²) in [4.78, 5) is 13.5. The molecule has 0 radical (unpaired) electrons. The Morgan fingerprint density at radius 2 is 1.62 bits per heavy atom. The molecule has 0 aliphatic rings. The highest BCUT2D eigenvalue weighted by Crippen LogP contribution is 2.37. The molecule has 128 valence electrons. The van der Waals surface area contributed by atoms with Gasteiger partial charge >= 0.3 is 5.97 Å². The first-order valence-corrected chi connectivity index (χ1v) is 9.00. The molecule has 2 N–H and O–H groups in total. The number of hydrogen-bond donors (Lipinski definition) is 2. The van der Waals surface area contributed by atoms with Crippen molar-refractivity contribution in [3.63, 3.8) is 0 Å². The van der Waals surface area contributed by atoms with E-state index in [0.29, 0.717) is 5.56 Å². The Bertz CT molecular complexity index is 1140. The number of rotatable bonds is 3. The fourth-order valence-corrected chi connectivity index (χ4v) is 4.19. The van der Waals surface area contributed by atoms with Gasteiger partial charge in [0.25, 0.3) is 0 Å². The fourth-order valence-electron chi connectivity index (χ4n) is 3.10. The van der Waals surface area contributed by atoms with Gasteiger partial charge in [0, 0.05) is 9.75 Å². The SMILES string of the molecule is Cc1cc(O)ccc1-c1ccc(-c2ccc3ccc(C(=O)O)cc3c2)s1. The number of phenols is 1. The number of carboxylic acid groups (broad SMARTS) is 1. The monoisotopic (exact) mass is 360 g/mol. The van der Waals surface area contributed by atoms with E-state index in [1.807, 2.05) is 31.2 Å². The normalized spacial score (nSPS) is 11.0. The lowest BCUT2D eigenvalue weighted by Gasteiger charge is -2.04. The zero-order chi connectivity index (χ0) is 18.3. The highest BCUT2D eigenvalue weighted by molar-refractivity contribution is 7.18. The minimum atomic E-state index is -0.918. The van der Waals surface area contributed by atoms with Gasteiger partial charge in [0.1, 0.15) is 5.75 Å². The van der Waals surface area contributed by atoms with Crippen LogP contribution in [0.5, 0.6) is 5.75 Å². The largest absolute Gasteiger partial charge is 0.508 e. The molecule has 0 aliphatic carbocycles. The summed E-state index contributed by atoms with van der Waals surface area (Å²) in [6.45, 7) is 1.98. The van der Waals surface area contributed by atoms with Gasteiger partial charge in [-0.05, 0) is 82.9 Å². The number of aromatic hydroxyl groups is 1. The molecular formula is C22H16O3S. The summed E-state index contributed by atoms with van der Waals surface area (Å²) in [6, 6.07) is 20.8. The van der Waals surface area contributed by atoms with Crippen LogP contribution in [-0.2, 0) is 0 Å². The van der Waals surface area contributed by atoms with Crippen molar-refractivity contribution in [3.05, 3.63) is 77.9 Å². The van der Waals surface area contributed by atoms with Gasteiger partial charge in [-0.1, -0.05) is 18.2 Å². The molecule has 0 spiro atoms. The van der Waals surface area contributed by atoms with Crippen LogP contribution in [0.15, 0.2) is 66.7 Å². The molecule has 0 saturated carbocycles. The standard InChI is InChI=1S/C22H16O3S/c1-13-10-18(23)6-7-19(13)21-9-8-20(26-21)15-4-2-14-3-5-16(22(24)25)12-17(14)11-15/h2-12,23H,1H3,(H,24,25). The summed E-state index contributed by atoms with van der Waals surface area (Å²) in [5.41, 5.74) is 3.49. The first-order chi connectivity index (χ1) is 12.5. The summed E-state index contributed by atoms with van der Waals surface area (Å²) in [6.07, 6.45) is 0. The van der Waals surface area contributed by atoms with Crippen LogP contribution in [0, 0.1) is 6.92 Å². The van der Waals surface area contributed by atoms with Crippen molar-refractivity contribution in [3.8, 4) is 26.6 Å². The van der Waals surface area contributed by atoms with E-state index in [1.165, 1.54) is 0 Å². The van der Waals surface area contributed by atoms with Crippen LogP contribution < -0.4 is 0 Å². The van der Waals surface area contributed by atoms with Crippen molar-refractivity contribution in [1.29, 1.82) is 0 Å². The molecule has 0 aliphatic heterocycles. The lowest BCUT2D eigenvalue weighted by molar-refractivity contribution is 0.0697. The molecule has 0 amide bonds. The molecule has 0 bridgehead atoms. The number of thiophene rings is 1. The second-order valence-electron chi connectivity index (χ2n) is 6.24. The predicted octanol–water partition coefficient (Wildman–Crippen LogP) is 5.95. The Kier molecular flexibility index (Phi) is 3.98. The van der Waals surface area contributed by atoms with Crippen LogP contribution in [0.4, 0.5) is 0 Å². The summed E-state index contributed by atoms with van der Waals surface area (Å²) in [5.74, 6) is -0.648. The van der Waals surface area contributed by atoms with Crippen LogP contribution in [0.3, 0.4) is 0 Å². The third-order valence-corrected chi connectivity index (χ3v) is 5.62. The topological polar surface area (TPSA) is 57.5 Å². The second kappa shape index (κ2) is 6.32. The van der Waals surface area contributed by atoms with Crippen molar-refractivity contribution >= 4 is 28.1 Å². The van der Waals surface area contributed by atoms with E-state index in [0.717, 1.165) is 37.2 Å². The second-order valence-corrected chi connectivity index (χ2v) is 7.33. The van der Waals surface area contributed by atoms with E-state index < -0.39 is 5.97 Å². The molecule has 0 saturated heterocycles. The van der Waals surface area contributed by atoms with Gasteiger partial charge in [0.2, 0.25) is 0 Å². The fraction of sp³-hybridized carbons (Fsp3) is 0.0455. The first-order valence-electron chi connectivity index (χ1n) is 8.18. The Balaban J connectivity index is 1.76. The van der Waals surface area contributed by atoms with Crippen molar-refractivity contribution < 1.29 is 15.0 Å². The minimum absolute atomic E-state index is 0.270. The van der Waals surface area contributed by atoms with Gasteiger partial charge in [-0.2, -0.15) is 0 Å². The predicted molar refractivity (Wildman–Crippen MR) is 106 cm³/mol. The number of hydrogen-bond acceptors (Lipinski definition) is 3. The number of carboxylic acids is 1. The summed E-state index contributed by atoms with van der Waals surface area (Å²) in [7, 11) is 0. The van der Waals surface area contributed by atoms with Crippen molar-refractivity contribution in [2.75, 3.05) is 0 Å². The molecule has 3 aromatic carbocycles. The van der Waals surface area contributed by atoms with E-state index in [9.17, 15) is 15.0 Å². The molecule has 4 rings (SSSR count).